The van der Waals surface area contributed by atoms with Crippen molar-refractivity contribution >= 4 is 34.0 Å². The van der Waals surface area contributed by atoms with Crippen LogP contribution in [0.15, 0.2) is 64.0 Å². The van der Waals surface area contributed by atoms with Crippen LogP contribution in [0, 0.1) is 0 Å². The highest BCUT2D eigenvalue weighted by atomic mass is 32.1. The van der Waals surface area contributed by atoms with Crippen LogP contribution in [-0.4, -0.2) is 4.98 Å². The van der Waals surface area contributed by atoms with Crippen LogP contribution in [0.1, 0.15) is 0 Å². The number of rotatable bonds is 3. The monoisotopic (exact) mass is 325 g/mol. The topological polar surface area (TPSA) is 12.9 Å². The lowest BCUT2D eigenvalue weighted by Gasteiger charge is -2.06. The van der Waals surface area contributed by atoms with Gasteiger partial charge < -0.3 is 0 Å². The molecule has 0 saturated heterocycles. The van der Waals surface area contributed by atoms with Crippen molar-refractivity contribution in [1.82, 2.24) is 4.98 Å². The second-order valence-electron chi connectivity index (χ2n) is 4.59. The lowest BCUT2D eigenvalue weighted by molar-refractivity contribution is 1.35. The summed E-state index contributed by atoms with van der Waals surface area (Å²) >= 11 is 5.19. The van der Waals surface area contributed by atoms with Crippen LogP contribution in [-0.2, 0) is 0 Å². The van der Waals surface area contributed by atoms with Crippen molar-refractivity contribution in [2.45, 2.75) is 0 Å². The highest BCUT2D eigenvalue weighted by molar-refractivity contribution is 7.14. The van der Waals surface area contributed by atoms with Gasteiger partial charge in [0.2, 0.25) is 0 Å². The SMILES string of the molecule is c1csc(-c2cc(-c3ccsc3)cc(-c3cccs3)n2)c1. The van der Waals surface area contributed by atoms with Crippen molar-refractivity contribution in [3.63, 3.8) is 0 Å². The molecule has 0 unspecified atom stereocenters. The Kier molecular flexibility index (Phi) is 3.43. The number of pyridine rings is 1. The van der Waals surface area contributed by atoms with Crippen molar-refractivity contribution in [2.75, 3.05) is 0 Å². The first-order valence-electron chi connectivity index (χ1n) is 6.52. The Morgan fingerprint density at radius 1 is 0.714 bits per heavy atom. The first-order chi connectivity index (χ1) is 10.4. The van der Waals surface area contributed by atoms with Crippen molar-refractivity contribution in [3.8, 4) is 32.3 Å². The number of hydrogen-bond acceptors (Lipinski definition) is 4. The normalized spacial score (nSPS) is 10.9. The van der Waals surface area contributed by atoms with Gasteiger partial charge in [-0.3, -0.25) is 0 Å². The predicted octanol–water partition coefficient (Wildman–Crippen LogP) is 6.27. The fourth-order valence-corrected chi connectivity index (χ4v) is 4.26. The molecule has 4 heteroatoms. The molecule has 4 aromatic rings. The average Bonchev–Trinajstić information content (AvgIpc) is 3.29. The molecule has 0 aliphatic carbocycles. The van der Waals surface area contributed by atoms with Crippen LogP contribution in [0.4, 0.5) is 0 Å². The van der Waals surface area contributed by atoms with Crippen molar-refractivity contribution in [2.24, 2.45) is 0 Å². The largest absolute Gasteiger partial charge is 0.246 e. The van der Waals surface area contributed by atoms with E-state index in [2.05, 4.69) is 64.0 Å². The van der Waals surface area contributed by atoms with E-state index in [1.54, 1.807) is 34.0 Å². The first-order valence-corrected chi connectivity index (χ1v) is 9.23. The van der Waals surface area contributed by atoms with Crippen molar-refractivity contribution in [1.29, 1.82) is 0 Å². The van der Waals surface area contributed by atoms with E-state index in [9.17, 15) is 0 Å². The van der Waals surface area contributed by atoms with Crippen LogP contribution in [0.3, 0.4) is 0 Å². The Bertz CT molecular complexity index is 701. The minimum Gasteiger partial charge on any atom is -0.246 e. The quantitative estimate of drug-likeness (QED) is 0.433. The Labute approximate surface area is 135 Å². The standard InChI is InChI=1S/C17H11NS3/c1-3-16(20-6-1)14-9-13(12-5-8-19-11-12)10-15(18-14)17-4-2-7-21-17/h1-11H. The average molecular weight is 325 g/mol. The maximum atomic E-state index is 4.85. The van der Waals surface area contributed by atoms with Gasteiger partial charge in [0.15, 0.2) is 0 Å². The number of hydrogen-bond donors (Lipinski definition) is 0. The smallest absolute Gasteiger partial charge is 0.0815 e. The summed E-state index contributed by atoms with van der Waals surface area (Å²) in [5.74, 6) is 0. The summed E-state index contributed by atoms with van der Waals surface area (Å²) in [5.41, 5.74) is 4.60. The van der Waals surface area contributed by atoms with E-state index < -0.39 is 0 Å². The second-order valence-corrected chi connectivity index (χ2v) is 7.27. The molecular weight excluding hydrogens is 314 g/mol. The predicted molar refractivity (Wildman–Crippen MR) is 94.2 cm³/mol. The molecule has 21 heavy (non-hydrogen) atoms. The molecule has 0 N–H and O–H groups in total. The maximum Gasteiger partial charge on any atom is 0.0815 e. The van der Waals surface area contributed by atoms with Crippen LogP contribution in [0.5, 0.6) is 0 Å². The van der Waals surface area contributed by atoms with E-state index in [0.717, 1.165) is 11.4 Å². The first kappa shape index (κ1) is 13.0. The zero-order chi connectivity index (χ0) is 14.1. The molecule has 0 amide bonds. The van der Waals surface area contributed by atoms with E-state index in [1.807, 2.05) is 0 Å². The van der Waals surface area contributed by atoms with Gasteiger partial charge in [0.1, 0.15) is 0 Å². The molecule has 0 aliphatic heterocycles. The molecule has 4 aromatic heterocycles. The lowest BCUT2D eigenvalue weighted by atomic mass is 10.1. The fraction of sp³-hybridized carbons (Fsp3) is 0. The Morgan fingerprint density at radius 3 is 1.86 bits per heavy atom. The van der Waals surface area contributed by atoms with Crippen LogP contribution >= 0.6 is 34.0 Å². The Hall–Kier alpha value is -1.75. The van der Waals surface area contributed by atoms with Gasteiger partial charge in [-0.1, -0.05) is 12.1 Å². The van der Waals surface area contributed by atoms with Gasteiger partial charge in [-0.15, -0.1) is 22.7 Å². The van der Waals surface area contributed by atoms with Gasteiger partial charge >= 0.3 is 0 Å². The zero-order valence-electron chi connectivity index (χ0n) is 11.0. The summed E-state index contributed by atoms with van der Waals surface area (Å²) < 4.78 is 0. The fourth-order valence-electron chi connectivity index (χ4n) is 2.23. The van der Waals surface area contributed by atoms with Gasteiger partial charge in [0.05, 0.1) is 21.1 Å². The third-order valence-corrected chi connectivity index (χ3v) is 5.70. The molecule has 4 heterocycles. The Balaban J connectivity index is 1.92. The Morgan fingerprint density at radius 2 is 1.38 bits per heavy atom. The number of thiophene rings is 3. The third kappa shape index (κ3) is 2.58. The van der Waals surface area contributed by atoms with Gasteiger partial charge in [-0.25, -0.2) is 4.98 Å². The highest BCUT2D eigenvalue weighted by Crippen LogP contribution is 2.33. The summed E-state index contributed by atoms with van der Waals surface area (Å²) in [7, 11) is 0. The number of nitrogens with zero attached hydrogens (tertiary/aromatic N) is 1. The van der Waals surface area contributed by atoms with Crippen molar-refractivity contribution < 1.29 is 0 Å². The lowest BCUT2D eigenvalue weighted by Crippen LogP contribution is -1.87. The van der Waals surface area contributed by atoms with Gasteiger partial charge in [0.25, 0.3) is 0 Å². The molecule has 0 fully saturated rings. The van der Waals surface area contributed by atoms with E-state index in [-0.39, 0.29) is 0 Å². The molecule has 0 aromatic carbocycles. The van der Waals surface area contributed by atoms with E-state index in [4.69, 9.17) is 4.98 Å². The molecule has 0 spiro atoms. The second kappa shape index (κ2) is 5.56. The third-order valence-electron chi connectivity index (χ3n) is 3.23. The van der Waals surface area contributed by atoms with Crippen LogP contribution in [0.2, 0.25) is 0 Å². The highest BCUT2D eigenvalue weighted by Gasteiger charge is 2.10. The zero-order valence-corrected chi connectivity index (χ0v) is 13.5. The molecule has 0 saturated carbocycles. The molecule has 0 aliphatic rings. The molecule has 4 rings (SSSR count). The summed E-state index contributed by atoms with van der Waals surface area (Å²) in [6.07, 6.45) is 0. The van der Waals surface area contributed by atoms with Crippen molar-refractivity contribution in [3.05, 3.63) is 64.0 Å². The summed E-state index contributed by atoms with van der Waals surface area (Å²) in [6, 6.07) is 14.9. The van der Waals surface area contributed by atoms with Crippen LogP contribution in [0.25, 0.3) is 32.3 Å². The molecule has 1 nitrogen and oxygen atoms in total. The minimum absolute atomic E-state index is 1.05. The molecule has 102 valence electrons. The van der Waals surface area contributed by atoms with Gasteiger partial charge in [-0.05, 0) is 63.0 Å². The summed E-state index contributed by atoms with van der Waals surface area (Å²) in [6.45, 7) is 0. The van der Waals surface area contributed by atoms with E-state index >= 15 is 0 Å². The maximum absolute atomic E-state index is 4.85. The molecular formula is C17H11NS3. The van der Waals surface area contributed by atoms with Gasteiger partial charge in [0, 0.05) is 0 Å². The molecule has 0 atom stereocenters. The van der Waals surface area contributed by atoms with E-state index in [1.165, 1.54) is 20.9 Å². The summed E-state index contributed by atoms with van der Waals surface area (Å²) in [5, 5.41) is 8.50. The minimum atomic E-state index is 1.05. The van der Waals surface area contributed by atoms with Gasteiger partial charge in [-0.2, -0.15) is 11.3 Å². The summed E-state index contributed by atoms with van der Waals surface area (Å²) in [4.78, 5) is 7.28. The number of aromatic nitrogens is 1. The molecule has 0 radical (unpaired) electrons. The van der Waals surface area contributed by atoms with E-state index in [0.29, 0.717) is 0 Å². The van der Waals surface area contributed by atoms with Crippen LogP contribution < -0.4 is 0 Å². The molecule has 0 bridgehead atoms.